The minimum atomic E-state index is 0. The van der Waals surface area contributed by atoms with Crippen LogP contribution in [0.3, 0.4) is 0 Å². The van der Waals surface area contributed by atoms with Crippen molar-refractivity contribution in [3.8, 4) is 0 Å². The Morgan fingerprint density at radius 1 is 1.15 bits per heavy atom. The van der Waals surface area contributed by atoms with Crippen LogP contribution in [0.1, 0.15) is 26.7 Å². The summed E-state index contributed by atoms with van der Waals surface area (Å²) in [4.78, 5) is 0. The fourth-order valence-corrected chi connectivity index (χ4v) is 2.37. The maximum absolute atomic E-state index is 2.52. The van der Waals surface area contributed by atoms with E-state index in [0.717, 1.165) is 22.4 Å². The van der Waals surface area contributed by atoms with Crippen LogP contribution in [0.4, 0.5) is 0 Å². The molecule has 0 spiro atoms. The standard InChI is InChI=1S/C11H23N.Mo/c1-9-7-6-8-11(10(9)2)12(3,4)5;/h8-11H,6-7H2,1-5H3;/t9?,10-,11?;/m1./s1. The summed E-state index contributed by atoms with van der Waals surface area (Å²) in [5, 5.41) is 0. The van der Waals surface area contributed by atoms with Gasteiger partial charge in [0.25, 0.3) is 0 Å². The normalized spacial score (nSPS) is 35.3. The zero-order chi connectivity index (χ0) is 9.35. The first-order chi connectivity index (χ1) is 5.43. The molecule has 1 fully saturated rings. The summed E-state index contributed by atoms with van der Waals surface area (Å²) in [6, 6.07) is 0.758. The van der Waals surface area contributed by atoms with Crippen LogP contribution in [0.15, 0.2) is 0 Å². The summed E-state index contributed by atoms with van der Waals surface area (Å²) in [7, 11) is 6.90. The van der Waals surface area contributed by atoms with Crippen molar-refractivity contribution in [3.05, 3.63) is 6.42 Å². The Hall–Kier alpha value is 0.648. The van der Waals surface area contributed by atoms with E-state index in [4.69, 9.17) is 0 Å². The van der Waals surface area contributed by atoms with E-state index in [0.29, 0.717) is 0 Å². The predicted octanol–water partition coefficient (Wildman–Crippen LogP) is 2.33. The molecule has 0 amide bonds. The second-order valence-electron chi connectivity index (χ2n) is 5.26. The van der Waals surface area contributed by atoms with E-state index < -0.39 is 0 Å². The van der Waals surface area contributed by atoms with E-state index in [9.17, 15) is 0 Å². The van der Waals surface area contributed by atoms with Crippen LogP contribution in [0.25, 0.3) is 0 Å². The monoisotopic (exact) mass is 267 g/mol. The molecule has 2 unspecified atom stereocenters. The van der Waals surface area contributed by atoms with Crippen molar-refractivity contribution in [2.75, 3.05) is 21.1 Å². The molecule has 1 rings (SSSR count). The Balaban J connectivity index is 0.00000144. The third-order valence-corrected chi connectivity index (χ3v) is 3.36. The third-order valence-electron chi connectivity index (χ3n) is 3.36. The molecule has 3 atom stereocenters. The predicted molar refractivity (Wildman–Crippen MR) is 53.7 cm³/mol. The Labute approximate surface area is 97.7 Å². The molecule has 0 bridgehead atoms. The zero-order valence-electron chi connectivity index (χ0n) is 9.58. The van der Waals surface area contributed by atoms with Gasteiger partial charge in [0, 0.05) is 21.1 Å². The quantitative estimate of drug-likeness (QED) is 0.388. The van der Waals surface area contributed by atoms with E-state index in [-0.39, 0.29) is 21.1 Å². The molecule has 1 aliphatic rings. The number of rotatable bonds is 1. The topological polar surface area (TPSA) is 0 Å². The minimum Gasteiger partial charge on any atom is -0.353 e. The molecule has 0 saturated heterocycles. The van der Waals surface area contributed by atoms with E-state index in [1.54, 1.807) is 0 Å². The van der Waals surface area contributed by atoms with Crippen LogP contribution in [-0.4, -0.2) is 31.7 Å². The van der Waals surface area contributed by atoms with Gasteiger partial charge in [-0.2, -0.15) is 6.42 Å². The van der Waals surface area contributed by atoms with Gasteiger partial charge in [-0.1, -0.05) is 20.3 Å². The van der Waals surface area contributed by atoms with Crippen LogP contribution in [0.2, 0.25) is 0 Å². The number of hydrogen-bond donors (Lipinski definition) is 0. The molecular weight excluding hydrogens is 242 g/mol. The Kier molecular flexibility index (Phi) is 5.18. The summed E-state index contributed by atoms with van der Waals surface area (Å²) in [5.41, 5.74) is 0. The van der Waals surface area contributed by atoms with Gasteiger partial charge in [-0.3, -0.25) is 6.42 Å². The molecule has 0 aromatic heterocycles. The van der Waals surface area contributed by atoms with Gasteiger partial charge < -0.3 is 4.48 Å². The van der Waals surface area contributed by atoms with Gasteiger partial charge in [-0.25, -0.2) is 0 Å². The van der Waals surface area contributed by atoms with Crippen LogP contribution in [0.5, 0.6) is 0 Å². The molecule has 78 valence electrons. The van der Waals surface area contributed by atoms with Crippen LogP contribution in [0, 0.1) is 18.3 Å². The molecule has 13 heavy (non-hydrogen) atoms. The van der Waals surface area contributed by atoms with E-state index >= 15 is 0 Å². The van der Waals surface area contributed by atoms with Crippen molar-refractivity contribution in [2.24, 2.45) is 11.8 Å². The van der Waals surface area contributed by atoms with Gasteiger partial charge >= 0.3 is 0 Å². The van der Waals surface area contributed by atoms with Gasteiger partial charge in [0.1, 0.15) is 0 Å². The Bertz CT molecular complexity index is 151. The second kappa shape index (κ2) is 4.93. The summed E-state index contributed by atoms with van der Waals surface area (Å²) >= 11 is 0. The molecule has 1 aliphatic carbocycles. The maximum atomic E-state index is 2.52. The largest absolute Gasteiger partial charge is 0.353 e. The fraction of sp³-hybridized carbons (Fsp3) is 0.909. The zero-order valence-corrected chi connectivity index (χ0v) is 11.6. The first-order valence-corrected chi connectivity index (χ1v) is 5.07. The van der Waals surface area contributed by atoms with Crippen molar-refractivity contribution < 1.29 is 25.5 Å². The second-order valence-corrected chi connectivity index (χ2v) is 5.26. The molecule has 0 aromatic carbocycles. The van der Waals surface area contributed by atoms with E-state index in [2.05, 4.69) is 41.4 Å². The van der Waals surface area contributed by atoms with E-state index in [1.807, 2.05) is 0 Å². The molecular formula is C11H23MoN. The Morgan fingerprint density at radius 3 is 2.08 bits per heavy atom. The molecule has 0 N–H and O–H groups in total. The van der Waals surface area contributed by atoms with Crippen LogP contribution < -0.4 is 0 Å². The molecule has 0 radical (unpaired) electrons. The average Bonchev–Trinajstić information content (AvgIpc) is 1.92. The van der Waals surface area contributed by atoms with Crippen molar-refractivity contribution in [3.63, 3.8) is 0 Å². The van der Waals surface area contributed by atoms with Crippen molar-refractivity contribution in [1.29, 1.82) is 0 Å². The van der Waals surface area contributed by atoms with Gasteiger partial charge in [-0.05, 0) is 17.9 Å². The summed E-state index contributed by atoms with van der Waals surface area (Å²) < 4.78 is 1.09. The third kappa shape index (κ3) is 3.36. The van der Waals surface area contributed by atoms with Crippen LogP contribution in [-0.2, 0) is 21.1 Å². The minimum absolute atomic E-state index is 0. The number of hydrogen-bond acceptors (Lipinski definition) is 0. The van der Waals surface area contributed by atoms with Crippen molar-refractivity contribution in [2.45, 2.75) is 32.7 Å². The van der Waals surface area contributed by atoms with Gasteiger partial charge in [0.15, 0.2) is 0 Å². The van der Waals surface area contributed by atoms with E-state index in [1.165, 1.54) is 12.8 Å². The van der Waals surface area contributed by atoms with Crippen molar-refractivity contribution >= 4 is 0 Å². The molecule has 1 nitrogen and oxygen atoms in total. The summed E-state index contributed by atoms with van der Waals surface area (Å²) in [5.74, 6) is 1.75. The molecule has 0 heterocycles. The SMILES string of the molecule is CC1CC[CH-]C([N+](C)(C)C)[C@@H]1C.[Mo]. The van der Waals surface area contributed by atoms with Gasteiger partial charge in [-0.15, -0.1) is 0 Å². The molecule has 2 heteroatoms. The fourth-order valence-electron chi connectivity index (χ4n) is 2.37. The summed E-state index contributed by atoms with van der Waals surface area (Å²) in [6.07, 6.45) is 5.22. The molecule has 0 aliphatic heterocycles. The number of nitrogens with zero attached hydrogens (tertiary/aromatic N) is 1. The first kappa shape index (κ1) is 13.6. The number of quaternary nitrogens is 1. The van der Waals surface area contributed by atoms with Crippen molar-refractivity contribution in [1.82, 2.24) is 0 Å². The summed E-state index contributed by atoms with van der Waals surface area (Å²) in [6.45, 7) is 4.79. The molecule has 1 saturated carbocycles. The van der Waals surface area contributed by atoms with Gasteiger partial charge in [0.05, 0.1) is 21.1 Å². The van der Waals surface area contributed by atoms with Crippen LogP contribution >= 0.6 is 0 Å². The smallest absolute Gasteiger partial charge is 0.0659 e. The Morgan fingerprint density at radius 2 is 1.69 bits per heavy atom. The average molecular weight is 265 g/mol. The maximum Gasteiger partial charge on any atom is 0.0659 e. The molecule has 0 aromatic rings. The van der Waals surface area contributed by atoms with Gasteiger partial charge in [0.2, 0.25) is 0 Å². The first-order valence-electron chi connectivity index (χ1n) is 5.07.